The van der Waals surface area contributed by atoms with E-state index in [2.05, 4.69) is 10.8 Å². The summed E-state index contributed by atoms with van der Waals surface area (Å²) in [6.07, 6.45) is 0. The summed E-state index contributed by atoms with van der Waals surface area (Å²) in [5.41, 5.74) is 0. The van der Waals surface area contributed by atoms with E-state index in [1.165, 1.54) is 9.78 Å². The van der Waals surface area contributed by atoms with Crippen molar-refractivity contribution in [3.8, 4) is 0 Å². The molecule has 1 aliphatic heterocycles. The highest BCUT2D eigenvalue weighted by atomic mass is 32.2. The van der Waals surface area contributed by atoms with Crippen LogP contribution in [-0.2, 0) is 14.8 Å². The third-order valence-electron chi connectivity index (χ3n) is 3.67. The van der Waals surface area contributed by atoms with Crippen LogP contribution >= 0.6 is 11.3 Å². The molecule has 2 heterocycles. The molecular formula is C13H23N2O3S2+. The highest BCUT2D eigenvalue weighted by Gasteiger charge is 2.33. The van der Waals surface area contributed by atoms with Crippen LogP contribution in [0.5, 0.6) is 0 Å². The molecule has 1 aromatic rings. The van der Waals surface area contributed by atoms with Crippen molar-refractivity contribution in [2.45, 2.75) is 25.9 Å². The van der Waals surface area contributed by atoms with Crippen LogP contribution in [-0.4, -0.2) is 46.5 Å². The van der Waals surface area contributed by atoms with Crippen LogP contribution in [0, 0.1) is 0 Å². The van der Waals surface area contributed by atoms with Gasteiger partial charge in [-0.2, -0.15) is 0 Å². The number of sulfonamides is 1. The van der Waals surface area contributed by atoms with E-state index < -0.39 is 10.0 Å². The Bertz CT molecular complexity index is 496. The van der Waals surface area contributed by atoms with Crippen LogP contribution in [0.2, 0.25) is 0 Å². The predicted molar refractivity (Wildman–Crippen MR) is 80.6 cm³/mol. The number of nitrogens with one attached hydrogen (secondary N) is 2. The quantitative estimate of drug-likeness (QED) is 0.778. The van der Waals surface area contributed by atoms with Gasteiger partial charge in [0.1, 0.15) is 19.1 Å². The van der Waals surface area contributed by atoms with Crippen LogP contribution in [0.4, 0.5) is 0 Å². The molecular weight excluding hydrogens is 296 g/mol. The Balaban J connectivity index is 2.18. The van der Waals surface area contributed by atoms with Gasteiger partial charge in [-0.1, -0.05) is 6.07 Å². The smallest absolute Gasteiger partial charge is 0.211 e. The molecule has 2 N–H and O–H groups in total. The highest BCUT2D eigenvalue weighted by Crippen LogP contribution is 2.20. The van der Waals surface area contributed by atoms with Gasteiger partial charge in [0, 0.05) is 0 Å². The van der Waals surface area contributed by atoms with Gasteiger partial charge in [0.05, 0.1) is 29.9 Å². The van der Waals surface area contributed by atoms with Gasteiger partial charge in [0.15, 0.2) is 0 Å². The summed E-state index contributed by atoms with van der Waals surface area (Å²) in [6, 6.07) is 4.15. The summed E-state index contributed by atoms with van der Waals surface area (Å²) < 4.78 is 31.9. The van der Waals surface area contributed by atoms with Gasteiger partial charge in [-0.25, -0.2) is 13.1 Å². The summed E-state index contributed by atoms with van der Waals surface area (Å²) in [4.78, 5) is 2.62. The fourth-order valence-electron chi connectivity index (χ4n) is 2.65. The SMILES string of the molecule is CCS(=O)(=O)NC(C)C(c1cccs1)[NH+]1CCOCC1. The number of morpholine rings is 1. The summed E-state index contributed by atoms with van der Waals surface area (Å²) >= 11 is 1.69. The van der Waals surface area contributed by atoms with Crippen LogP contribution in [0.1, 0.15) is 24.8 Å². The van der Waals surface area contributed by atoms with Gasteiger partial charge in [-0.15, -0.1) is 11.3 Å². The van der Waals surface area contributed by atoms with E-state index in [1.807, 2.05) is 18.4 Å². The molecule has 0 radical (unpaired) electrons. The maximum atomic E-state index is 11.8. The van der Waals surface area contributed by atoms with E-state index in [-0.39, 0.29) is 17.8 Å². The largest absolute Gasteiger partial charge is 0.370 e. The molecule has 7 heteroatoms. The van der Waals surface area contributed by atoms with Gasteiger partial charge in [0.25, 0.3) is 0 Å². The molecule has 1 fully saturated rings. The molecule has 1 saturated heterocycles. The third-order valence-corrected chi connectivity index (χ3v) is 6.12. The summed E-state index contributed by atoms with van der Waals surface area (Å²) in [5, 5.41) is 2.04. The van der Waals surface area contributed by atoms with E-state index >= 15 is 0 Å². The zero-order valence-corrected chi connectivity index (χ0v) is 13.6. The predicted octanol–water partition coefficient (Wildman–Crippen LogP) is 0.0321. The molecule has 1 aliphatic rings. The number of thiophene rings is 1. The van der Waals surface area contributed by atoms with Gasteiger partial charge in [0.2, 0.25) is 10.0 Å². The molecule has 0 bridgehead atoms. The van der Waals surface area contributed by atoms with Crippen molar-refractivity contribution < 1.29 is 18.1 Å². The number of quaternary nitrogens is 1. The average Bonchev–Trinajstić information content (AvgIpc) is 2.93. The van der Waals surface area contributed by atoms with Crippen molar-refractivity contribution in [3.63, 3.8) is 0 Å². The average molecular weight is 319 g/mol. The topological polar surface area (TPSA) is 59.8 Å². The van der Waals surface area contributed by atoms with E-state index in [0.29, 0.717) is 0 Å². The third kappa shape index (κ3) is 4.02. The molecule has 0 aliphatic carbocycles. The summed E-state index contributed by atoms with van der Waals surface area (Å²) in [7, 11) is -3.18. The van der Waals surface area contributed by atoms with Crippen LogP contribution in [0.25, 0.3) is 0 Å². The lowest BCUT2D eigenvalue weighted by molar-refractivity contribution is -0.939. The van der Waals surface area contributed by atoms with Crippen LogP contribution in [0.3, 0.4) is 0 Å². The van der Waals surface area contributed by atoms with Crippen molar-refractivity contribution in [1.82, 2.24) is 4.72 Å². The first-order valence-corrected chi connectivity index (χ1v) is 9.52. The minimum absolute atomic E-state index is 0.118. The monoisotopic (exact) mass is 319 g/mol. The molecule has 0 spiro atoms. The molecule has 2 atom stereocenters. The zero-order valence-electron chi connectivity index (χ0n) is 12.0. The molecule has 0 saturated carbocycles. The van der Waals surface area contributed by atoms with E-state index in [0.717, 1.165) is 26.3 Å². The zero-order chi connectivity index (χ0) is 14.6. The molecule has 2 unspecified atom stereocenters. The van der Waals surface area contributed by atoms with E-state index in [4.69, 9.17) is 4.74 Å². The molecule has 0 aromatic carbocycles. The minimum Gasteiger partial charge on any atom is -0.370 e. The Morgan fingerprint density at radius 2 is 2.15 bits per heavy atom. The Morgan fingerprint density at radius 3 is 2.70 bits per heavy atom. The van der Waals surface area contributed by atoms with E-state index in [9.17, 15) is 8.42 Å². The number of hydrogen-bond acceptors (Lipinski definition) is 4. The minimum atomic E-state index is -3.18. The highest BCUT2D eigenvalue weighted by molar-refractivity contribution is 7.89. The Hall–Kier alpha value is -0.470. The Labute approximate surface area is 125 Å². The second-order valence-corrected chi connectivity index (χ2v) is 8.10. The Morgan fingerprint density at radius 1 is 1.45 bits per heavy atom. The van der Waals surface area contributed by atoms with Crippen molar-refractivity contribution in [3.05, 3.63) is 22.4 Å². The fourth-order valence-corrected chi connectivity index (χ4v) is 4.51. The molecule has 0 amide bonds. The molecule has 1 aromatic heterocycles. The summed E-state index contributed by atoms with van der Waals surface area (Å²) in [5.74, 6) is 0.118. The van der Waals surface area contributed by atoms with Gasteiger partial charge in [-0.05, 0) is 25.3 Å². The van der Waals surface area contributed by atoms with Crippen molar-refractivity contribution in [2.24, 2.45) is 0 Å². The molecule has 20 heavy (non-hydrogen) atoms. The maximum absolute atomic E-state index is 11.8. The van der Waals surface area contributed by atoms with Crippen molar-refractivity contribution >= 4 is 21.4 Å². The maximum Gasteiger partial charge on any atom is 0.211 e. The lowest BCUT2D eigenvalue weighted by Crippen LogP contribution is -3.15. The lowest BCUT2D eigenvalue weighted by Gasteiger charge is -2.34. The second kappa shape index (κ2) is 7.00. The normalized spacial score (nSPS) is 20.7. The number of hydrogen-bond donors (Lipinski definition) is 2. The molecule has 114 valence electrons. The second-order valence-electron chi connectivity index (χ2n) is 5.07. The fraction of sp³-hybridized carbons (Fsp3) is 0.692. The lowest BCUT2D eigenvalue weighted by atomic mass is 10.1. The standard InChI is InChI=1S/C13H22N2O3S2/c1-3-20(16,17)14-11(2)13(12-5-4-10-19-12)15-6-8-18-9-7-15/h4-5,10-11,13-14H,3,6-9H2,1-2H3/p+1. The van der Waals surface area contributed by atoms with Gasteiger partial charge < -0.3 is 9.64 Å². The van der Waals surface area contributed by atoms with E-state index in [1.54, 1.807) is 18.3 Å². The number of ether oxygens (including phenoxy) is 1. The van der Waals surface area contributed by atoms with Crippen molar-refractivity contribution in [1.29, 1.82) is 0 Å². The first kappa shape index (κ1) is 15.9. The Kier molecular flexibility index (Phi) is 5.57. The van der Waals surface area contributed by atoms with Crippen molar-refractivity contribution in [2.75, 3.05) is 32.1 Å². The number of rotatable bonds is 6. The molecule has 5 nitrogen and oxygen atoms in total. The summed E-state index contributed by atoms with van der Waals surface area (Å²) in [6.45, 7) is 6.94. The van der Waals surface area contributed by atoms with Crippen LogP contribution < -0.4 is 9.62 Å². The first-order valence-electron chi connectivity index (χ1n) is 6.99. The first-order chi connectivity index (χ1) is 9.53. The molecule has 2 rings (SSSR count). The van der Waals surface area contributed by atoms with Crippen LogP contribution in [0.15, 0.2) is 17.5 Å². The van der Waals surface area contributed by atoms with Gasteiger partial charge in [-0.3, -0.25) is 0 Å². The van der Waals surface area contributed by atoms with Gasteiger partial charge >= 0.3 is 0 Å².